The van der Waals surface area contributed by atoms with E-state index in [1.807, 2.05) is 36.4 Å². The predicted octanol–water partition coefficient (Wildman–Crippen LogP) is 5.15. The first-order valence-corrected chi connectivity index (χ1v) is 9.31. The first-order valence-electron chi connectivity index (χ1n) is 8.93. The fourth-order valence-electron chi connectivity index (χ4n) is 3.27. The largest absolute Gasteiger partial charge is 0.337 e. The highest BCUT2D eigenvalue weighted by atomic mass is 35.5. The van der Waals surface area contributed by atoms with E-state index in [-0.39, 0.29) is 12.1 Å². The van der Waals surface area contributed by atoms with Gasteiger partial charge in [0.05, 0.1) is 0 Å². The van der Waals surface area contributed by atoms with Crippen molar-refractivity contribution < 1.29 is 9.32 Å². The van der Waals surface area contributed by atoms with Gasteiger partial charge >= 0.3 is 6.03 Å². The number of rotatable bonds is 3. The van der Waals surface area contributed by atoms with Gasteiger partial charge in [0, 0.05) is 22.8 Å². The van der Waals surface area contributed by atoms with Crippen molar-refractivity contribution in [2.24, 2.45) is 0 Å². The number of carbonyl (C=O) groups excluding carboxylic acids is 1. The summed E-state index contributed by atoms with van der Waals surface area (Å²) in [7, 11) is 0. The molecule has 27 heavy (non-hydrogen) atoms. The van der Waals surface area contributed by atoms with Crippen LogP contribution in [0.3, 0.4) is 0 Å². The minimum Gasteiger partial charge on any atom is -0.337 e. The third kappa shape index (κ3) is 3.95. The third-order valence-corrected chi connectivity index (χ3v) is 4.83. The van der Waals surface area contributed by atoms with Crippen LogP contribution in [0.2, 0.25) is 5.02 Å². The van der Waals surface area contributed by atoms with E-state index in [1.165, 1.54) is 0 Å². The number of urea groups is 1. The highest BCUT2D eigenvalue weighted by Crippen LogP contribution is 2.31. The molecule has 0 saturated carbocycles. The second kappa shape index (κ2) is 7.80. The first kappa shape index (κ1) is 17.5. The van der Waals surface area contributed by atoms with Gasteiger partial charge in [-0.05, 0) is 37.5 Å². The van der Waals surface area contributed by atoms with Crippen LogP contribution in [0, 0.1) is 0 Å². The number of carbonyl (C=O) groups is 1. The summed E-state index contributed by atoms with van der Waals surface area (Å²) < 4.78 is 5.50. The van der Waals surface area contributed by atoms with Gasteiger partial charge in [0.15, 0.2) is 0 Å². The summed E-state index contributed by atoms with van der Waals surface area (Å²) in [6, 6.07) is 16.3. The lowest BCUT2D eigenvalue weighted by atomic mass is 10.0. The molecule has 1 fully saturated rings. The van der Waals surface area contributed by atoms with Crippen LogP contribution in [-0.2, 0) is 0 Å². The second-order valence-electron chi connectivity index (χ2n) is 6.47. The lowest BCUT2D eigenvalue weighted by molar-refractivity contribution is 0.142. The Morgan fingerprint density at radius 2 is 2.00 bits per heavy atom. The molecule has 7 heteroatoms. The van der Waals surface area contributed by atoms with Gasteiger partial charge in [-0.3, -0.25) is 0 Å². The SMILES string of the molecule is O=C(Nc1cccc(Cl)c1)N1CCCC[C@H]1c1nc(-c2ccccc2)no1. The van der Waals surface area contributed by atoms with Gasteiger partial charge in [0.1, 0.15) is 6.04 Å². The maximum Gasteiger partial charge on any atom is 0.322 e. The summed E-state index contributed by atoms with van der Waals surface area (Å²) in [4.78, 5) is 19.1. The van der Waals surface area contributed by atoms with Gasteiger partial charge in [-0.25, -0.2) is 4.79 Å². The van der Waals surface area contributed by atoms with Crippen molar-refractivity contribution in [3.05, 3.63) is 65.5 Å². The Kier molecular flexibility index (Phi) is 5.07. The van der Waals surface area contributed by atoms with Crippen LogP contribution in [0.15, 0.2) is 59.1 Å². The molecule has 1 aliphatic heterocycles. The summed E-state index contributed by atoms with van der Waals surface area (Å²) in [6.07, 6.45) is 2.74. The number of nitrogens with zero attached hydrogens (tertiary/aromatic N) is 3. The number of benzene rings is 2. The Hall–Kier alpha value is -2.86. The predicted molar refractivity (Wildman–Crippen MR) is 104 cm³/mol. The number of nitrogens with one attached hydrogen (secondary N) is 1. The summed E-state index contributed by atoms with van der Waals surface area (Å²) in [5.74, 6) is 1.00. The van der Waals surface area contributed by atoms with Crippen LogP contribution in [0.25, 0.3) is 11.4 Å². The van der Waals surface area contributed by atoms with E-state index in [1.54, 1.807) is 23.1 Å². The van der Waals surface area contributed by atoms with Gasteiger partial charge in [0.25, 0.3) is 0 Å². The van der Waals surface area contributed by atoms with E-state index < -0.39 is 0 Å². The Balaban J connectivity index is 1.54. The Labute approximate surface area is 162 Å². The van der Waals surface area contributed by atoms with E-state index in [2.05, 4.69) is 15.5 Å². The molecule has 1 aromatic heterocycles. The minimum atomic E-state index is -0.233. The average molecular weight is 383 g/mol. The van der Waals surface area contributed by atoms with Gasteiger partial charge in [-0.1, -0.05) is 53.2 Å². The number of aromatic nitrogens is 2. The molecule has 0 unspecified atom stereocenters. The van der Waals surface area contributed by atoms with E-state index in [0.717, 1.165) is 24.8 Å². The third-order valence-electron chi connectivity index (χ3n) is 4.60. The molecule has 138 valence electrons. The maximum atomic E-state index is 12.8. The normalized spacial score (nSPS) is 16.9. The minimum absolute atomic E-state index is 0.193. The second-order valence-corrected chi connectivity index (χ2v) is 6.90. The standard InChI is InChI=1S/C20H19ClN4O2/c21-15-9-6-10-16(13-15)22-20(26)25-12-5-4-11-17(25)19-23-18(24-27-19)14-7-2-1-3-8-14/h1-3,6-10,13,17H,4-5,11-12H2,(H,22,26)/t17-/m0/s1. The Bertz CT molecular complexity index is 928. The number of likely N-dealkylation sites (tertiary alicyclic amines) is 1. The van der Waals surface area contributed by atoms with Crippen molar-refractivity contribution in [3.8, 4) is 11.4 Å². The zero-order chi connectivity index (χ0) is 18.6. The van der Waals surface area contributed by atoms with Crippen LogP contribution in [-0.4, -0.2) is 27.6 Å². The van der Waals surface area contributed by atoms with E-state index in [0.29, 0.717) is 29.0 Å². The number of hydrogen-bond acceptors (Lipinski definition) is 4. The smallest absolute Gasteiger partial charge is 0.322 e. The maximum absolute atomic E-state index is 12.8. The molecule has 3 aromatic rings. The molecule has 0 bridgehead atoms. The van der Waals surface area contributed by atoms with Crippen molar-refractivity contribution in [1.82, 2.24) is 15.0 Å². The molecule has 1 aliphatic rings. The van der Waals surface area contributed by atoms with Crippen LogP contribution in [0.4, 0.5) is 10.5 Å². The topological polar surface area (TPSA) is 71.3 Å². The molecule has 1 saturated heterocycles. The number of amides is 2. The van der Waals surface area contributed by atoms with E-state index >= 15 is 0 Å². The summed E-state index contributed by atoms with van der Waals surface area (Å²) >= 11 is 6.00. The zero-order valence-electron chi connectivity index (χ0n) is 14.6. The molecule has 6 nitrogen and oxygen atoms in total. The highest BCUT2D eigenvalue weighted by molar-refractivity contribution is 6.30. The Morgan fingerprint density at radius 1 is 1.15 bits per heavy atom. The summed E-state index contributed by atoms with van der Waals surface area (Å²) in [6.45, 7) is 0.639. The molecule has 2 amide bonds. The molecule has 0 aliphatic carbocycles. The van der Waals surface area contributed by atoms with Crippen LogP contribution in [0.5, 0.6) is 0 Å². The van der Waals surface area contributed by atoms with Crippen molar-refractivity contribution in [3.63, 3.8) is 0 Å². The van der Waals surface area contributed by atoms with Crippen LogP contribution >= 0.6 is 11.6 Å². The molecule has 1 atom stereocenters. The van der Waals surface area contributed by atoms with Gasteiger partial charge in [-0.2, -0.15) is 4.98 Å². The monoisotopic (exact) mass is 382 g/mol. The van der Waals surface area contributed by atoms with Crippen LogP contribution < -0.4 is 5.32 Å². The molecule has 1 N–H and O–H groups in total. The molecule has 0 radical (unpaired) electrons. The Morgan fingerprint density at radius 3 is 2.81 bits per heavy atom. The zero-order valence-corrected chi connectivity index (χ0v) is 15.4. The lowest BCUT2D eigenvalue weighted by Gasteiger charge is -2.33. The quantitative estimate of drug-likeness (QED) is 0.680. The number of hydrogen-bond donors (Lipinski definition) is 1. The number of halogens is 1. The van der Waals surface area contributed by atoms with E-state index in [9.17, 15) is 4.79 Å². The van der Waals surface area contributed by atoms with Gasteiger partial charge in [0.2, 0.25) is 11.7 Å². The molecule has 0 spiro atoms. The molecule has 4 rings (SSSR count). The van der Waals surface area contributed by atoms with Crippen molar-refractivity contribution in [1.29, 1.82) is 0 Å². The van der Waals surface area contributed by atoms with Crippen molar-refractivity contribution in [2.75, 3.05) is 11.9 Å². The summed E-state index contributed by atoms with van der Waals surface area (Å²) in [5, 5.41) is 7.57. The molecular weight excluding hydrogens is 364 g/mol. The fourth-order valence-corrected chi connectivity index (χ4v) is 3.46. The lowest BCUT2D eigenvalue weighted by Crippen LogP contribution is -2.41. The molecule has 2 aromatic carbocycles. The molecule has 2 heterocycles. The number of piperidine rings is 1. The highest BCUT2D eigenvalue weighted by Gasteiger charge is 2.32. The first-order chi connectivity index (χ1) is 13.2. The fraction of sp³-hybridized carbons (Fsp3) is 0.250. The van der Waals surface area contributed by atoms with Crippen molar-refractivity contribution in [2.45, 2.75) is 25.3 Å². The average Bonchev–Trinajstić information content (AvgIpc) is 3.19. The number of anilines is 1. The van der Waals surface area contributed by atoms with Crippen LogP contribution in [0.1, 0.15) is 31.2 Å². The van der Waals surface area contributed by atoms with E-state index in [4.69, 9.17) is 16.1 Å². The molecular formula is C20H19ClN4O2. The van der Waals surface area contributed by atoms with Gasteiger partial charge in [-0.15, -0.1) is 0 Å². The van der Waals surface area contributed by atoms with Crippen molar-refractivity contribution >= 4 is 23.3 Å². The summed E-state index contributed by atoms with van der Waals surface area (Å²) in [5.41, 5.74) is 1.55. The van der Waals surface area contributed by atoms with Gasteiger partial charge < -0.3 is 14.7 Å².